The van der Waals surface area contributed by atoms with Crippen LogP contribution < -0.4 is 4.90 Å². The second kappa shape index (κ2) is 7.54. The maximum Gasteiger partial charge on any atom is 0.417 e. The van der Waals surface area contributed by atoms with Gasteiger partial charge in [-0.05, 0) is 38.5 Å². The molecule has 3 aliphatic heterocycles. The van der Waals surface area contributed by atoms with E-state index in [9.17, 15) is 22.8 Å². The lowest BCUT2D eigenvalue weighted by molar-refractivity contribution is -0.138. The Labute approximate surface area is 183 Å². The fraction of sp³-hybridized carbons (Fsp3) is 0.591. The number of halogens is 3. The molecule has 32 heavy (non-hydrogen) atoms. The number of methoxy groups -OCH3 is 1. The zero-order chi connectivity index (χ0) is 23.5. The van der Waals surface area contributed by atoms with Crippen LogP contribution in [0.25, 0.3) is 0 Å². The van der Waals surface area contributed by atoms with Crippen LogP contribution in [0.5, 0.6) is 0 Å². The molecule has 1 unspecified atom stereocenters. The Kier molecular flexibility index (Phi) is 5.35. The van der Waals surface area contributed by atoms with Gasteiger partial charge in [0.15, 0.2) is 0 Å². The number of fused-ring (bicyclic) bond motifs is 5. The van der Waals surface area contributed by atoms with Crippen molar-refractivity contribution in [2.24, 2.45) is 17.8 Å². The van der Waals surface area contributed by atoms with E-state index in [-0.39, 0.29) is 11.6 Å². The molecular weight excluding hydrogens is 429 g/mol. The van der Waals surface area contributed by atoms with E-state index in [0.717, 1.165) is 11.0 Å². The van der Waals surface area contributed by atoms with Gasteiger partial charge in [-0.15, -0.1) is 0 Å². The molecule has 0 aliphatic carbocycles. The van der Waals surface area contributed by atoms with Gasteiger partial charge in [0.05, 0.1) is 65.7 Å². The van der Waals surface area contributed by atoms with E-state index in [1.54, 1.807) is 21.0 Å². The van der Waals surface area contributed by atoms with E-state index < -0.39 is 52.2 Å². The average Bonchev–Trinajstić information content (AvgIpc) is 3.25. The molecule has 7 nitrogen and oxygen atoms in total. The summed E-state index contributed by atoms with van der Waals surface area (Å²) in [6.07, 6.45) is -4.31. The molecule has 4 rings (SSSR count). The van der Waals surface area contributed by atoms with Crippen LogP contribution in [0.2, 0.25) is 0 Å². The summed E-state index contributed by atoms with van der Waals surface area (Å²) in [6.45, 7) is 4.63. The summed E-state index contributed by atoms with van der Waals surface area (Å²) >= 11 is 0. The highest BCUT2D eigenvalue weighted by atomic mass is 19.4. The third kappa shape index (κ3) is 3.22. The first-order valence-corrected chi connectivity index (χ1v) is 10.2. The number of nitriles is 1. The molecule has 1 aromatic rings. The SMILES string of the molecule is COCCOCC1C[C@]2(C)O[C@@]1(C)[C@H]1C(=O)N(c3ccc(C#N)c(C(F)(F)F)c3)C(=O)[C@H]12. The highest BCUT2D eigenvalue weighted by Gasteiger charge is 2.75. The van der Waals surface area contributed by atoms with Crippen molar-refractivity contribution in [2.45, 2.75) is 37.6 Å². The quantitative estimate of drug-likeness (QED) is 0.487. The highest BCUT2D eigenvalue weighted by Crippen LogP contribution is 2.63. The van der Waals surface area contributed by atoms with Gasteiger partial charge < -0.3 is 14.2 Å². The lowest BCUT2D eigenvalue weighted by atomic mass is 9.64. The second-order valence-electron chi connectivity index (χ2n) is 8.87. The first-order chi connectivity index (χ1) is 15.0. The smallest absolute Gasteiger partial charge is 0.382 e. The van der Waals surface area contributed by atoms with E-state index in [1.807, 2.05) is 0 Å². The van der Waals surface area contributed by atoms with Gasteiger partial charge in [0.25, 0.3) is 0 Å². The Morgan fingerprint density at radius 3 is 2.53 bits per heavy atom. The maximum atomic E-state index is 13.4. The summed E-state index contributed by atoms with van der Waals surface area (Å²) in [5, 5.41) is 9.02. The first-order valence-electron chi connectivity index (χ1n) is 10.2. The van der Waals surface area contributed by atoms with E-state index in [1.165, 1.54) is 12.1 Å². The molecule has 2 amide bonds. The fourth-order valence-electron chi connectivity index (χ4n) is 5.54. The van der Waals surface area contributed by atoms with E-state index in [4.69, 9.17) is 19.5 Å². The molecule has 10 heteroatoms. The number of hydrogen-bond acceptors (Lipinski definition) is 6. The van der Waals surface area contributed by atoms with Gasteiger partial charge in [-0.1, -0.05) is 0 Å². The maximum absolute atomic E-state index is 13.4. The van der Waals surface area contributed by atoms with Crippen molar-refractivity contribution in [1.82, 2.24) is 0 Å². The van der Waals surface area contributed by atoms with Crippen LogP contribution in [0.4, 0.5) is 18.9 Å². The van der Waals surface area contributed by atoms with Crippen LogP contribution in [-0.2, 0) is 30.0 Å². The van der Waals surface area contributed by atoms with Gasteiger partial charge in [-0.25, -0.2) is 4.90 Å². The normalized spacial score (nSPS) is 33.7. The topological polar surface area (TPSA) is 88.9 Å². The highest BCUT2D eigenvalue weighted by molar-refractivity contribution is 6.23. The summed E-state index contributed by atoms with van der Waals surface area (Å²) in [5.41, 5.74) is -3.85. The monoisotopic (exact) mass is 452 g/mol. The minimum absolute atomic E-state index is 0.158. The molecule has 0 saturated carbocycles. The second-order valence-corrected chi connectivity index (χ2v) is 8.87. The lowest BCUT2D eigenvalue weighted by Gasteiger charge is -2.35. The number of rotatable bonds is 6. The first kappa shape index (κ1) is 22.7. The van der Waals surface area contributed by atoms with Gasteiger partial charge in [0, 0.05) is 13.0 Å². The van der Waals surface area contributed by atoms with Gasteiger partial charge >= 0.3 is 6.18 Å². The van der Waals surface area contributed by atoms with E-state index >= 15 is 0 Å². The number of imide groups is 1. The summed E-state index contributed by atoms with van der Waals surface area (Å²) < 4.78 is 57.1. The molecule has 0 radical (unpaired) electrons. The summed E-state index contributed by atoms with van der Waals surface area (Å²) in [6, 6.07) is 4.37. The van der Waals surface area contributed by atoms with Gasteiger partial charge in [-0.3, -0.25) is 9.59 Å². The number of ether oxygens (including phenoxy) is 3. The van der Waals surface area contributed by atoms with Gasteiger partial charge in [0.1, 0.15) is 0 Å². The van der Waals surface area contributed by atoms with Crippen molar-refractivity contribution in [3.63, 3.8) is 0 Å². The molecule has 5 atom stereocenters. The van der Waals surface area contributed by atoms with Crippen molar-refractivity contribution in [3.8, 4) is 6.07 Å². The number of nitrogens with zero attached hydrogens (tertiary/aromatic N) is 2. The fourth-order valence-corrected chi connectivity index (χ4v) is 5.54. The van der Waals surface area contributed by atoms with Crippen LogP contribution in [0, 0.1) is 29.1 Å². The molecule has 1 aromatic carbocycles. The van der Waals surface area contributed by atoms with Crippen molar-refractivity contribution in [1.29, 1.82) is 5.26 Å². The van der Waals surface area contributed by atoms with Crippen LogP contribution in [0.15, 0.2) is 18.2 Å². The Bertz CT molecular complexity index is 1010. The van der Waals surface area contributed by atoms with Gasteiger partial charge in [0.2, 0.25) is 11.8 Å². The molecular formula is C22H23F3N2O5. The van der Waals surface area contributed by atoms with Crippen molar-refractivity contribution in [2.75, 3.05) is 31.8 Å². The molecule has 3 fully saturated rings. The van der Waals surface area contributed by atoms with Crippen molar-refractivity contribution >= 4 is 17.5 Å². The average molecular weight is 452 g/mol. The summed E-state index contributed by atoms with van der Waals surface area (Å²) in [4.78, 5) is 27.5. The Balaban J connectivity index is 1.66. The third-order valence-corrected chi connectivity index (χ3v) is 6.94. The number of benzene rings is 1. The zero-order valence-electron chi connectivity index (χ0n) is 17.9. The largest absolute Gasteiger partial charge is 0.417 e. The number of carbonyl (C=O) groups excluding carboxylic acids is 2. The molecule has 3 saturated heterocycles. The Morgan fingerprint density at radius 1 is 1.22 bits per heavy atom. The van der Waals surface area contributed by atoms with Crippen LogP contribution >= 0.6 is 0 Å². The lowest BCUT2D eigenvalue weighted by Crippen LogP contribution is -2.47. The van der Waals surface area contributed by atoms with Crippen molar-refractivity contribution < 1.29 is 37.0 Å². The molecule has 0 aromatic heterocycles. The number of amides is 2. The number of alkyl halides is 3. The molecule has 3 heterocycles. The molecule has 0 N–H and O–H groups in total. The predicted octanol–water partition coefficient (Wildman–Crippen LogP) is 2.91. The van der Waals surface area contributed by atoms with Crippen molar-refractivity contribution in [3.05, 3.63) is 29.3 Å². The minimum Gasteiger partial charge on any atom is -0.382 e. The number of hydrogen-bond donors (Lipinski definition) is 0. The van der Waals surface area contributed by atoms with Crippen LogP contribution in [0.3, 0.4) is 0 Å². The summed E-state index contributed by atoms with van der Waals surface area (Å²) in [5.74, 6) is -2.95. The molecule has 3 aliphatic rings. The third-order valence-electron chi connectivity index (χ3n) is 6.94. The van der Waals surface area contributed by atoms with Crippen LogP contribution in [0.1, 0.15) is 31.4 Å². The van der Waals surface area contributed by atoms with E-state index in [0.29, 0.717) is 32.3 Å². The van der Waals surface area contributed by atoms with E-state index in [2.05, 4.69) is 0 Å². The van der Waals surface area contributed by atoms with Gasteiger partial charge in [-0.2, -0.15) is 18.4 Å². The Hall–Kier alpha value is -2.48. The molecule has 0 spiro atoms. The zero-order valence-corrected chi connectivity index (χ0v) is 17.9. The molecule has 172 valence electrons. The number of carbonyl (C=O) groups is 2. The summed E-state index contributed by atoms with van der Waals surface area (Å²) in [7, 11) is 1.56. The minimum atomic E-state index is -4.80. The Morgan fingerprint density at radius 2 is 1.91 bits per heavy atom. The predicted molar refractivity (Wildman–Crippen MR) is 104 cm³/mol. The molecule has 2 bridgehead atoms. The number of anilines is 1. The standard InChI is InChI=1S/C22H23F3N2O5/c1-20-9-13(11-31-7-6-30-3)21(2,32-20)17-16(20)18(28)27(19(17)29)14-5-4-12(10-26)15(8-14)22(23,24)25/h4-5,8,13,16-17H,6-7,9,11H2,1-3H3/t13?,16-,17+,20-,21+/m0/s1. The van der Waals surface area contributed by atoms with Crippen LogP contribution in [-0.4, -0.2) is 49.9 Å².